The maximum Gasteiger partial charge on any atom is 0.182 e. The van der Waals surface area contributed by atoms with Crippen molar-refractivity contribution in [3.63, 3.8) is 0 Å². The van der Waals surface area contributed by atoms with Crippen molar-refractivity contribution in [2.24, 2.45) is 0 Å². The fourth-order valence-corrected chi connectivity index (χ4v) is 2.26. The van der Waals surface area contributed by atoms with Crippen molar-refractivity contribution in [3.8, 4) is 11.5 Å². The van der Waals surface area contributed by atoms with Crippen LogP contribution >= 0.6 is 0 Å². The van der Waals surface area contributed by atoms with E-state index in [9.17, 15) is 9.90 Å². The van der Waals surface area contributed by atoms with E-state index in [1.807, 2.05) is 0 Å². The number of nitrogens with two attached hydrogens (primary N) is 2. The highest BCUT2D eigenvalue weighted by Gasteiger charge is 2.01. The van der Waals surface area contributed by atoms with E-state index in [1.54, 1.807) is 48.6 Å². The number of nitrogen functional groups attached to an aromatic ring is 2. The molecule has 2 rings (SSSR count). The van der Waals surface area contributed by atoms with Gasteiger partial charge in [-0.05, 0) is 47.5 Å². The van der Waals surface area contributed by atoms with E-state index in [0.717, 1.165) is 17.2 Å². The third-order valence-corrected chi connectivity index (χ3v) is 3.69. The van der Waals surface area contributed by atoms with Gasteiger partial charge in [0, 0.05) is 6.08 Å². The Balaban J connectivity index is 2.05. The van der Waals surface area contributed by atoms with Gasteiger partial charge in [0.25, 0.3) is 0 Å². The summed E-state index contributed by atoms with van der Waals surface area (Å²) in [6.45, 7) is 0. The molecule has 0 spiro atoms. The largest absolute Gasteiger partial charge is 0.508 e. The fourth-order valence-electron chi connectivity index (χ4n) is 2.26. The molecule has 0 amide bonds. The molecule has 0 saturated heterocycles. The normalized spacial score (nSPS) is 11.9. The Morgan fingerprint density at radius 3 is 1.85 bits per heavy atom. The SMILES string of the molecule is COc1cc(/C=C/C(=O)/C=C(O)/C=C/c2ccc(N)c(OC)c2)ccc1N. The number of ketones is 1. The van der Waals surface area contributed by atoms with Crippen molar-refractivity contribution in [1.29, 1.82) is 0 Å². The van der Waals surface area contributed by atoms with E-state index >= 15 is 0 Å². The molecule has 6 heteroatoms. The Bertz CT molecular complexity index is 914. The number of allylic oxidation sites excluding steroid dienone is 3. The molecule has 140 valence electrons. The van der Waals surface area contributed by atoms with Crippen LogP contribution in [-0.2, 0) is 4.79 Å². The number of carbonyl (C=O) groups is 1. The first-order chi connectivity index (χ1) is 12.9. The summed E-state index contributed by atoms with van der Waals surface area (Å²) >= 11 is 0. The molecule has 0 aliphatic heterocycles. The minimum absolute atomic E-state index is 0.171. The molecule has 0 aliphatic carbocycles. The van der Waals surface area contributed by atoms with Gasteiger partial charge < -0.3 is 26.0 Å². The van der Waals surface area contributed by atoms with E-state index in [1.165, 1.54) is 26.4 Å². The monoisotopic (exact) mass is 366 g/mol. The van der Waals surface area contributed by atoms with Gasteiger partial charge in [-0.15, -0.1) is 0 Å². The number of hydrogen-bond acceptors (Lipinski definition) is 6. The molecule has 0 unspecified atom stereocenters. The van der Waals surface area contributed by atoms with E-state index in [2.05, 4.69) is 0 Å². The quantitative estimate of drug-likeness (QED) is 0.299. The number of methoxy groups -OCH3 is 2. The lowest BCUT2D eigenvalue weighted by atomic mass is 10.1. The number of aliphatic hydroxyl groups excluding tert-OH is 1. The lowest BCUT2D eigenvalue weighted by Crippen LogP contribution is -1.93. The fraction of sp³-hybridized carbons (Fsp3) is 0.0952. The van der Waals surface area contributed by atoms with E-state index < -0.39 is 0 Å². The molecule has 0 atom stereocenters. The van der Waals surface area contributed by atoms with Crippen molar-refractivity contribution < 1.29 is 19.4 Å². The molecule has 0 aliphatic rings. The van der Waals surface area contributed by atoms with Crippen molar-refractivity contribution in [1.82, 2.24) is 0 Å². The maximum absolute atomic E-state index is 12.0. The van der Waals surface area contributed by atoms with Crippen LogP contribution < -0.4 is 20.9 Å². The van der Waals surface area contributed by atoms with Crippen LogP contribution in [0.4, 0.5) is 11.4 Å². The van der Waals surface area contributed by atoms with Gasteiger partial charge in [0.05, 0.1) is 25.6 Å². The molecule has 0 radical (unpaired) electrons. The summed E-state index contributed by atoms with van der Waals surface area (Å²) < 4.78 is 10.3. The van der Waals surface area contributed by atoms with Crippen molar-refractivity contribution in [3.05, 3.63) is 71.5 Å². The number of benzene rings is 2. The highest BCUT2D eigenvalue weighted by Crippen LogP contribution is 2.23. The average molecular weight is 366 g/mol. The molecular weight excluding hydrogens is 344 g/mol. The first kappa shape index (κ1) is 19.7. The Hall–Kier alpha value is -3.67. The van der Waals surface area contributed by atoms with Crippen molar-refractivity contribution >= 4 is 29.3 Å². The average Bonchev–Trinajstić information content (AvgIpc) is 2.66. The lowest BCUT2D eigenvalue weighted by molar-refractivity contribution is -0.110. The summed E-state index contributed by atoms with van der Waals surface area (Å²) in [4.78, 5) is 12.0. The Morgan fingerprint density at radius 2 is 1.37 bits per heavy atom. The van der Waals surface area contributed by atoms with E-state index in [4.69, 9.17) is 20.9 Å². The summed E-state index contributed by atoms with van der Waals surface area (Å²) in [6, 6.07) is 10.4. The maximum atomic E-state index is 12.0. The van der Waals surface area contributed by atoms with Crippen LogP contribution in [0.15, 0.2) is 60.4 Å². The molecule has 0 saturated carbocycles. The third kappa shape index (κ3) is 5.67. The third-order valence-electron chi connectivity index (χ3n) is 3.69. The smallest absolute Gasteiger partial charge is 0.182 e. The van der Waals surface area contributed by atoms with Crippen LogP contribution in [0.1, 0.15) is 11.1 Å². The number of carbonyl (C=O) groups excluding carboxylic acids is 1. The van der Waals surface area contributed by atoms with Gasteiger partial charge in [-0.25, -0.2) is 0 Å². The number of hydrogen-bond donors (Lipinski definition) is 3. The minimum atomic E-state index is -0.358. The van der Waals surface area contributed by atoms with Crippen LogP contribution in [0, 0.1) is 0 Å². The van der Waals surface area contributed by atoms with Gasteiger partial charge in [-0.2, -0.15) is 0 Å². The van der Waals surface area contributed by atoms with Gasteiger partial charge in [-0.3, -0.25) is 4.79 Å². The summed E-state index contributed by atoms with van der Waals surface area (Å²) in [7, 11) is 3.05. The van der Waals surface area contributed by atoms with E-state index in [0.29, 0.717) is 22.9 Å². The summed E-state index contributed by atoms with van der Waals surface area (Å²) in [5.74, 6) is 0.543. The Morgan fingerprint density at radius 1 is 0.889 bits per heavy atom. The second kappa shape index (κ2) is 9.15. The number of aliphatic hydroxyl groups is 1. The van der Waals surface area contributed by atoms with Crippen LogP contribution in [0.2, 0.25) is 0 Å². The lowest BCUT2D eigenvalue weighted by Gasteiger charge is -2.04. The zero-order chi connectivity index (χ0) is 19.8. The summed E-state index contributed by atoms with van der Waals surface area (Å²) in [5, 5.41) is 9.90. The number of ether oxygens (including phenoxy) is 2. The van der Waals surface area contributed by atoms with Crippen LogP contribution in [-0.4, -0.2) is 25.1 Å². The molecule has 0 aromatic heterocycles. The Kier molecular flexibility index (Phi) is 6.66. The highest BCUT2D eigenvalue weighted by atomic mass is 16.5. The van der Waals surface area contributed by atoms with Crippen LogP contribution in [0.25, 0.3) is 12.2 Å². The van der Waals surface area contributed by atoms with Gasteiger partial charge in [0.2, 0.25) is 0 Å². The highest BCUT2D eigenvalue weighted by molar-refractivity contribution is 6.02. The van der Waals surface area contributed by atoms with Gasteiger partial charge in [0.15, 0.2) is 5.78 Å². The number of rotatable bonds is 7. The predicted octanol–water partition coefficient (Wildman–Crippen LogP) is 3.61. The minimum Gasteiger partial charge on any atom is -0.508 e. The predicted molar refractivity (Wildman–Crippen MR) is 109 cm³/mol. The van der Waals surface area contributed by atoms with Crippen molar-refractivity contribution in [2.45, 2.75) is 0 Å². The molecule has 2 aromatic carbocycles. The standard InChI is InChI=1S/C21H22N2O4/c1-26-20-11-14(5-9-18(20)22)3-7-16(24)13-17(25)8-4-15-6-10-19(23)21(12-15)27-2/h3-13,24H,22-23H2,1-2H3/b7-3+,8-4+,16-13-. The first-order valence-electron chi connectivity index (χ1n) is 8.10. The second-order valence-corrected chi connectivity index (χ2v) is 5.64. The van der Waals surface area contributed by atoms with Gasteiger partial charge in [-0.1, -0.05) is 24.3 Å². The van der Waals surface area contributed by atoms with Gasteiger partial charge >= 0.3 is 0 Å². The summed E-state index contributed by atoms with van der Waals surface area (Å²) in [5.41, 5.74) is 14.1. The molecular formula is C21H22N2O4. The molecule has 2 aromatic rings. The first-order valence-corrected chi connectivity index (χ1v) is 8.10. The van der Waals surface area contributed by atoms with Crippen molar-refractivity contribution in [2.75, 3.05) is 25.7 Å². The molecule has 0 bridgehead atoms. The topological polar surface area (TPSA) is 108 Å². The second-order valence-electron chi connectivity index (χ2n) is 5.64. The Labute approximate surface area is 158 Å². The zero-order valence-electron chi connectivity index (χ0n) is 15.2. The van der Waals surface area contributed by atoms with Crippen LogP contribution in [0.5, 0.6) is 11.5 Å². The molecule has 5 N–H and O–H groups in total. The van der Waals surface area contributed by atoms with E-state index in [-0.39, 0.29) is 11.5 Å². The molecule has 0 fully saturated rings. The molecule has 0 heterocycles. The van der Waals surface area contributed by atoms with Crippen LogP contribution in [0.3, 0.4) is 0 Å². The van der Waals surface area contributed by atoms with Gasteiger partial charge in [0.1, 0.15) is 17.3 Å². The molecule has 6 nitrogen and oxygen atoms in total. The summed E-state index contributed by atoms with van der Waals surface area (Å²) in [6.07, 6.45) is 7.15. The number of anilines is 2. The molecule has 27 heavy (non-hydrogen) atoms. The zero-order valence-corrected chi connectivity index (χ0v) is 15.2.